The summed E-state index contributed by atoms with van der Waals surface area (Å²) in [6.07, 6.45) is 5.86. The molecule has 6 rings (SSSR count). The average molecular weight is 530 g/mol. The lowest BCUT2D eigenvalue weighted by Crippen LogP contribution is -2.47. The van der Waals surface area contributed by atoms with Crippen molar-refractivity contribution in [2.45, 2.75) is 87.7 Å². The fourth-order valence-corrected chi connectivity index (χ4v) is 7.66. The van der Waals surface area contributed by atoms with E-state index >= 15 is 0 Å². The summed E-state index contributed by atoms with van der Waals surface area (Å²) >= 11 is 0. The van der Waals surface area contributed by atoms with Gasteiger partial charge < -0.3 is 34.4 Å². The summed E-state index contributed by atoms with van der Waals surface area (Å²) in [5.41, 5.74) is -3.18. The van der Waals surface area contributed by atoms with E-state index in [1.54, 1.807) is 0 Å². The minimum atomic E-state index is -2.43. The van der Waals surface area contributed by atoms with Gasteiger partial charge in [-0.15, -0.1) is 0 Å². The number of hydrogen-bond donors (Lipinski definition) is 3. The van der Waals surface area contributed by atoms with E-state index in [4.69, 9.17) is 14.2 Å². The summed E-state index contributed by atoms with van der Waals surface area (Å²) < 4.78 is 16.7. The molecule has 10 heteroatoms. The number of piperidine rings is 1. The number of carbonyl (C=O) groups excluding carboxylic acids is 3. The molecule has 3 aliphatic heterocycles. The summed E-state index contributed by atoms with van der Waals surface area (Å²) in [5, 5.41) is 32.6. The number of carbonyl (C=O) groups is 3. The molecule has 3 N–H and O–H groups in total. The Bertz CT molecular complexity index is 1180. The van der Waals surface area contributed by atoms with E-state index in [2.05, 4.69) is 4.90 Å². The van der Waals surface area contributed by atoms with Crippen LogP contribution < -0.4 is 14.2 Å². The number of rotatable bonds is 6. The highest BCUT2D eigenvalue weighted by Gasteiger charge is 2.70. The topological polar surface area (TPSA) is 143 Å². The van der Waals surface area contributed by atoms with Crippen LogP contribution in [0.2, 0.25) is 0 Å². The molecule has 0 amide bonds. The molecule has 3 atom stereocenters. The first-order chi connectivity index (χ1) is 18.1. The molecule has 1 aromatic carbocycles. The fourth-order valence-electron chi connectivity index (χ4n) is 7.66. The molecule has 3 fully saturated rings. The molecule has 0 spiro atoms. The van der Waals surface area contributed by atoms with Gasteiger partial charge in [0.15, 0.2) is 28.6 Å². The van der Waals surface area contributed by atoms with Gasteiger partial charge in [0.1, 0.15) is 0 Å². The number of aromatic hydroxyl groups is 1. The van der Waals surface area contributed by atoms with Gasteiger partial charge in [-0.2, -0.15) is 0 Å². The van der Waals surface area contributed by atoms with E-state index in [-0.39, 0.29) is 29.1 Å². The molecule has 2 aliphatic carbocycles. The van der Waals surface area contributed by atoms with Crippen LogP contribution in [-0.2, 0) is 19.8 Å². The largest absolute Gasteiger partial charge is 0.504 e. The Morgan fingerprint density at radius 3 is 2.26 bits per heavy atom. The van der Waals surface area contributed by atoms with Crippen LogP contribution in [0.5, 0.6) is 23.0 Å². The van der Waals surface area contributed by atoms with Crippen molar-refractivity contribution in [2.24, 2.45) is 11.8 Å². The molecule has 3 heterocycles. The van der Waals surface area contributed by atoms with Gasteiger partial charge in [0.25, 0.3) is 0 Å². The third-order valence-electron chi connectivity index (χ3n) is 9.63. The van der Waals surface area contributed by atoms with Crippen LogP contribution in [0.1, 0.15) is 76.7 Å². The minimum absolute atomic E-state index is 0.0775. The molecule has 1 aromatic rings. The maximum Gasteiger partial charge on any atom is 0.344 e. The van der Waals surface area contributed by atoms with Gasteiger partial charge in [0.05, 0.1) is 24.0 Å². The van der Waals surface area contributed by atoms with E-state index in [1.165, 1.54) is 6.42 Å². The SMILES string of the molecule is CCC1(c2c3c(O)cc4c2OC(=O)C(O)(CC(=O)O4)CC(=O)O3)C2CN(CCCC3(O)CCCCC3)CC21. The van der Waals surface area contributed by atoms with E-state index in [0.29, 0.717) is 12.0 Å². The number of phenols is 1. The van der Waals surface area contributed by atoms with Crippen molar-refractivity contribution in [3.05, 3.63) is 11.6 Å². The Labute approximate surface area is 220 Å². The molecule has 5 aliphatic rings. The van der Waals surface area contributed by atoms with Crippen LogP contribution in [0.4, 0.5) is 0 Å². The number of benzene rings is 1. The van der Waals surface area contributed by atoms with Gasteiger partial charge in [0.2, 0.25) is 0 Å². The molecule has 2 saturated carbocycles. The van der Waals surface area contributed by atoms with E-state index < -0.39 is 53.1 Å². The Morgan fingerprint density at radius 1 is 0.947 bits per heavy atom. The van der Waals surface area contributed by atoms with E-state index in [0.717, 1.165) is 64.2 Å². The van der Waals surface area contributed by atoms with Gasteiger partial charge >= 0.3 is 17.9 Å². The molecule has 3 unspecified atom stereocenters. The average Bonchev–Trinajstić information content (AvgIpc) is 3.21. The van der Waals surface area contributed by atoms with Crippen molar-refractivity contribution in [3.8, 4) is 23.0 Å². The number of ether oxygens (including phenoxy) is 3. The zero-order valence-corrected chi connectivity index (χ0v) is 21.7. The normalized spacial score (nSPS) is 33.8. The summed E-state index contributed by atoms with van der Waals surface area (Å²) in [5.74, 6) is -3.39. The molecule has 0 radical (unpaired) electrons. The number of aliphatic hydroxyl groups is 2. The zero-order chi connectivity index (χ0) is 26.9. The third-order valence-corrected chi connectivity index (χ3v) is 9.63. The fraction of sp³-hybridized carbons (Fsp3) is 0.679. The summed E-state index contributed by atoms with van der Waals surface area (Å²) in [6.45, 7) is 4.41. The van der Waals surface area contributed by atoms with Crippen molar-refractivity contribution in [3.63, 3.8) is 0 Å². The van der Waals surface area contributed by atoms with Crippen LogP contribution in [-0.4, -0.2) is 69.0 Å². The zero-order valence-electron chi connectivity index (χ0n) is 21.7. The molecule has 206 valence electrons. The van der Waals surface area contributed by atoms with Gasteiger partial charge in [-0.3, -0.25) is 9.59 Å². The molecular formula is C28H35NO9. The quantitative estimate of drug-likeness (QED) is 0.371. The smallest absolute Gasteiger partial charge is 0.344 e. The maximum atomic E-state index is 13.0. The Kier molecular flexibility index (Phi) is 6.01. The van der Waals surface area contributed by atoms with Crippen LogP contribution in [0.15, 0.2) is 6.07 Å². The number of phenolic OH excluding ortho intramolecular Hbond substituents is 1. The molecule has 1 saturated heterocycles. The summed E-state index contributed by atoms with van der Waals surface area (Å²) in [6, 6.07) is 1.12. The van der Waals surface area contributed by atoms with Crippen molar-refractivity contribution in [2.75, 3.05) is 19.6 Å². The lowest BCUT2D eigenvalue weighted by molar-refractivity contribution is -0.168. The van der Waals surface area contributed by atoms with Gasteiger partial charge in [-0.1, -0.05) is 26.2 Å². The van der Waals surface area contributed by atoms with Crippen LogP contribution in [0, 0.1) is 11.8 Å². The highest BCUT2D eigenvalue weighted by Crippen LogP contribution is 2.70. The molecule has 38 heavy (non-hydrogen) atoms. The Hall–Kier alpha value is -2.69. The number of fused-ring (bicyclic) bond motifs is 4. The number of likely N-dealkylation sites (tertiary alicyclic amines) is 1. The highest BCUT2D eigenvalue weighted by molar-refractivity contribution is 5.95. The van der Waals surface area contributed by atoms with Crippen molar-refractivity contribution in [1.29, 1.82) is 0 Å². The lowest BCUT2D eigenvalue weighted by Gasteiger charge is -2.33. The molecule has 0 aromatic heterocycles. The van der Waals surface area contributed by atoms with Crippen LogP contribution in [0.3, 0.4) is 0 Å². The monoisotopic (exact) mass is 529 g/mol. The number of nitrogens with zero attached hydrogens (tertiary/aromatic N) is 1. The first-order valence-corrected chi connectivity index (χ1v) is 13.8. The minimum Gasteiger partial charge on any atom is -0.504 e. The lowest BCUT2D eigenvalue weighted by atomic mass is 9.81. The molecular weight excluding hydrogens is 494 g/mol. The number of hydrogen-bond acceptors (Lipinski definition) is 10. The maximum absolute atomic E-state index is 13.0. The summed E-state index contributed by atoms with van der Waals surface area (Å²) in [7, 11) is 0. The van der Waals surface area contributed by atoms with Crippen LogP contribution in [0.25, 0.3) is 0 Å². The second-order valence-corrected chi connectivity index (χ2v) is 11.9. The first kappa shape index (κ1) is 25.6. The molecule has 10 nitrogen and oxygen atoms in total. The van der Waals surface area contributed by atoms with Gasteiger partial charge in [-0.25, -0.2) is 4.79 Å². The second kappa shape index (κ2) is 8.93. The van der Waals surface area contributed by atoms with Gasteiger partial charge in [-0.05, 0) is 50.5 Å². The van der Waals surface area contributed by atoms with Gasteiger partial charge in [0, 0.05) is 24.6 Å². The second-order valence-electron chi connectivity index (χ2n) is 11.9. The standard InChI is InChI=1S/C28H35NO9/c1-2-28(16-14-29(15-17(16)28)10-6-9-26(34)7-4-3-5-8-26)22-23-18(30)11-19-24(22)38-25(33)27(35,12-20(31)36-19)13-21(32)37-23/h11,16-17,30,34-35H,2-10,12-15H2,1H3. The van der Waals surface area contributed by atoms with E-state index in [9.17, 15) is 29.7 Å². The van der Waals surface area contributed by atoms with Crippen molar-refractivity contribution in [1.82, 2.24) is 4.90 Å². The summed E-state index contributed by atoms with van der Waals surface area (Å²) in [4.78, 5) is 40.7. The van der Waals surface area contributed by atoms with Crippen molar-refractivity contribution >= 4 is 17.9 Å². The highest BCUT2D eigenvalue weighted by atomic mass is 16.6. The predicted octanol–water partition coefficient (Wildman–Crippen LogP) is 2.33. The van der Waals surface area contributed by atoms with Crippen LogP contribution >= 0.6 is 0 Å². The third kappa shape index (κ3) is 3.99. The molecule has 3 bridgehead atoms. The van der Waals surface area contributed by atoms with E-state index in [1.807, 2.05) is 6.92 Å². The van der Waals surface area contributed by atoms with Crippen molar-refractivity contribution < 1.29 is 43.9 Å². The Balaban J connectivity index is 1.29. The Morgan fingerprint density at radius 2 is 1.61 bits per heavy atom. The number of esters is 3. The predicted molar refractivity (Wildman–Crippen MR) is 132 cm³/mol. The first-order valence-electron chi connectivity index (χ1n) is 13.8.